The normalized spacial score (nSPS) is 16.2. The second kappa shape index (κ2) is 8.03. The number of rotatable bonds is 8. The molecular weight excluding hydrogens is 218 g/mol. The van der Waals surface area contributed by atoms with E-state index in [0.29, 0.717) is 25.5 Å². The number of hydrogen-bond acceptors (Lipinski definition) is 4. The van der Waals surface area contributed by atoms with E-state index in [4.69, 9.17) is 9.84 Å². The predicted molar refractivity (Wildman–Crippen MR) is 70.0 cm³/mol. The molecule has 2 atom stereocenters. The van der Waals surface area contributed by atoms with E-state index in [0.717, 1.165) is 0 Å². The molecule has 0 bridgehead atoms. The van der Waals surface area contributed by atoms with E-state index in [1.807, 2.05) is 20.8 Å². The molecule has 0 aliphatic carbocycles. The van der Waals surface area contributed by atoms with Gasteiger partial charge < -0.3 is 20.3 Å². The summed E-state index contributed by atoms with van der Waals surface area (Å²) >= 11 is 0. The van der Waals surface area contributed by atoms with Gasteiger partial charge in [0.05, 0.1) is 18.3 Å². The summed E-state index contributed by atoms with van der Waals surface area (Å²) < 4.78 is 5.50. The first-order valence-electron chi connectivity index (χ1n) is 6.42. The highest BCUT2D eigenvalue weighted by molar-refractivity contribution is 4.72. The van der Waals surface area contributed by atoms with Crippen LogP contribution in [0.5, 0.6) is 0 Å². The minimum absolute atomic E-state index is 0.171. The Morgan fingerprint density at radius 1 is 1.24 bits per heavy atom. The van der Waals surface area contributed by atoms with Crippen LogP contribution in [0, 0.1) is 5.92 Å². The molecule has 0 saturated carbocycles. The van der Waals surface area contributed by atoms with Crippen LogP contribution in [0.1, 0.15) is 41.0 Å². The van der Waals surface area contributed by atoms with Gasteiger partial charge in [-0.15, -0.1) is 0 Å². The van der Waals surface area contributed by atoms with E-state index in [9.17, 15) is 5.11 Å². The Morgan fingerprint density at radius 2 is 1.82 bits per heavy atom. The maximum Gasteiger partial charge on any atom is 0.0898 e. The molecule has 0 rings (SSSR count). The molecule has 17 heavy (non-hydrogen) atoms. The molecule has 0 aromatic rings. The van der Waals surface area contributed by atoms with Gasteiger partial charge in [-0.1, -0.05) is 13.8 Å². The van der Waals surface area contributed by atoms with Crippen LogP contribution in [0.4, 0.5) is 0 Å². The molecule has 0 spiro atoms. The van der Waals surface area contributed by atoms with Gasteiger partial charge in [-0.3, -0.25) is 0 Å². The fourth-order valence-corrected chi connectivity index (χ4v) is 1.50. The van der Waals surface area contributed by atoms with Gasteiger partial charge in [0.1, 0.15) is 0 Å². The molecule has 0 radical (unpaired) electrons. The molecule has 4 nitrogen and oxygen atoms in total. The standard InChI is InChI=1S/C13H29NO3/c1-10(2)12(6-7-15)14-8-11(16)9-17-13(3,4)5/h10-12,14-16H,6-9H2,1-5H3. The van der Waals surface area contributed by atoms with Crippen molar-refractivity contribution in [2.45, 2.75) is 58.8 Å². The number of nitrogens with one attached hydrogen (secondary N) is 1. The van der Waals surface area contributed by atoms with Crippen molar-refractivity contribution < 1.29 is 14.9 Å². The van der Waals surface area contributed by atoms with Crippen molar-refractivity contribution >= 4 is 0 Å². The van der Waals surface area contributed by atoms with Gasteiger partial charge in [0, 0.05) is 19.2 Å². The van der Waals surface area contributed by atoms with Gasteiger partial charge in [-0.2, -0.15) is 0 Å². The molecule has 0 heterocycles. The van der Waals surface area contributed by atoms with Gasteiger partial charge in [0.25, 0.3) is 0 Å². The van der Waals surface area contributed by atoms with Crippen LogP contribution in [0.25, 0.3) is 0 Å². The lowest BCUT2D eigenvalue weighted by atomic mass is 10.0. The van der Waals surface area contributed by atoms with Crippen molar-refractivity contribution in [1.29, 1.82) is 0 Å². The molecular formula is C13H29NO3. The van der Waals surface area contributed by atoms with Crippen LogP contribution >= 0.6 is 0 Å². The summed E-state index contributed by atoms with van der Waals surface area (Å²) in [6.07, 6.45) is 0.207. The molecule has 0 amide bonds. The van der Waals surface area contributed by atoms with Crippen LogP contribution in [-0.2, 0) is 4.74 Å². The number of ether oxygens (including phenoxy) is 1. The first-order chi connectivity index (χ1) is 7.76. The Morgan fingerprint density at radius 3 is 2.24 bits per heavy atom. The molecule has 0 saturated heterocycles. The molecule has 104 valence electrons. The van der Waals surface area contributed by atoms with Crippen LogP contribution in [0.15, 0.2) is 0 Å². The summed E-state index contributed by atoms with van der Waals surface area (Å²) in [7, 11) is 0. The fraction of sp³-hybridized carbons (Fsp3) is 1.00. The summed E-state index contributed by atoms with van der Waals surface area (Å²) in [5, 5.41) is 22.0. The molecule has 4 heteroatoms. The Bertz CT molecular complexity index is 190. The van der Waals surface area contributed by atoms with Crippen molar-refractivity contribution in [2.24, 2.45) is 5.92 Å². The zero-order valence-electron chi connectivity index (χ0n) is 11.9. The van der Waals surface area contributed by atoms with Crippen LogP contribution in [0.3, 0.4) is 0 Å². The van der Waals surface area contributed by atoms with Gasteiger partial charge >= 0.3 is 0 Å². The summed E-state index contributed by atoms with van der Waals surface area (Å²) in [5.41, 5.74) is -0.219. The largest absolute Gasteiger partial charge is 0.396 e. The fourth-order valence-electron chi connectivity index (χ4n) is 1.50. The minimum atomic E-state index is -0.505. The zero-order chi connectivity index (χ0) is 13.5. The number of aliphatic hydroxyl groups excluding tert-OH is 2. The lowest BCUT2D eigenvalue weighted by Gasteiger charge is -2.25. The summed E-state index contributed by atoms with van der Waals surface area (Å²) in [6.45, 7) is 11.1. The Labute approximate surface area is 105 Å². The van der Waals surface area contributed by atoms with E-state index in [-0.39, 0.29) is 18.2 Å². The van der Waals surface area contributed by atoms with Crippen LogP contribution in [0.2, 0.25) is 0 Å². The van der Waals surface area contributed by atoms with Crippen molar-refractivity contribution in [2.75, 3.05) is 19.8 Å². The molecule has 0 aliphatic heterocycles. The average molecular weight is 247 g/mol. The summed E-state index contributed by atoms with van der Waals surface area (Å²) in [4.78, 5) is 0. The topological polar surface area (TPSA) is 61.7 Å². The molecule has 0 aromatic carbocycles. The van der Waals surface area contributed by atoms with Gasteiger partial charge in [-0.25, -0.2) is 0 Å². The third kappa shape index (κ3) is 9.53. The zero-order valence-corrected chi connectivity index (χ0v) is 11.9. The minimum Gasteiger partial charge on any atom is -0.396 e. The summed E-state index contributed by atoms with van der Waals surface area (Å²) in [6, 6.07) is 0.240. The molecule has 0 aliphatic rings. The Kier molecular flexibility index (Phi) is 7.96. The van der Waals surface area contributed by atoms with E-state index >= 15 is 0 Å². The summed E-state index contributed by atoms with van der Waals surface area (Å²) in [5.74, 6) is 0.442. The lowest BCUT2D eigenvalue weighted by Crippen LogP contribution is -2.41. The lowest BCUT2D eigenvalue weighted by molar-refractivity contribution is -0.0487. The highest BCUT2D eigenvalue weighted by atomic mass is 16.5. The van der Waals surface area contributed by atoms with Crippen molar-refractivity contribution in [3.8, 4) is 0 Å². The Balaban J connectivity index is 3.84. The molecule has 0 aromatic heterocycles. The molecule has 3 N–H and O–H groups in total. The average Bonchev–Trinajstić information content (AvgIpc) is 2.19. The van der Waals surface area contributed by atoms with E-state index < -0.39 is 6.10 Å². The van der Waals surface area contributed by atoms with Crippen molar-refractivity contribution in [3.63, 3.8) is 0 Å². The highest BCUT2D eigenvalue weighted by Crippen LogP contribution is 2.08. The maximum absolute atomic E-state index is 9.76. The second-order valence-corrected chi connectivity index (χ2v) is 5.85. The third-order valence-electron chi connectivity index (χ3n) is 2.57. The molecule has 0 fully saturated rings. The Hall–Kier alpha value is -0.160. The van der Waals surface area contributed by atoms with Gasteiger partial charge in [-0.05, 0) is 33.1 Å². The predicted octanol–water partition coefficient (Wildman–Crippen LogP) is 1.16. The maximum atomic E-state index is 9.76. The second-order valence-electron chi connectivity index (χ2n) is 5.85. The van der Waals surface area contributed by atoms with Crippen molar-refractivity contribution in [1.82, 2.24) is 5.32 Å². The number of aliphatic hydroxyl groups is 2. The third-order valence-corrected chi connectivity index (χ3v) is 2.57. The number of hydrogen-bond donors (Lipinski definition) is 3. The van der Waals surface area contributed by atoms with E-state index in [2.05, 4.69) is 19.2 Å². The first-order valence-corrected chi connectivity index (χ1v) is 6.42. The van der Waals surface area contributed by atoms with Crippen molar-refractivity contribution in [3.05, 3.63) is 0 Å². The highest BCUT2D eigenvalue weighted by Gasteiger charge is 2.16. The first kappa shape index (κ1) is 16.8. The van der Waals surface area contributed by atoms with E-state index in [1.165, 1.54) is 0 Å². The van der Waals surface area contributed by atoms with Crippen LogP contribution in [-0.4, -0.2) is 47.7 Å². The van der Waals surface area contributed by atoms with Gasteiger partial charge in [0.2, 0.25) is 0 Å². The van der Waals surface area contributed by atoms with Gasteiger partial charge in [0.15, 0.2) is 0 Å². The van der Waals surface area contributed by atoms with Crippen LogP contribution < -0.4 is 5.32 Å². The van der Waals surface area contributed by atoms with E-state index in [1.54, 1.807) is 0 Å². The monoisotopic (exact) mass is 247 g/mol. The quantitative estimate of drug-likeness (QED) is 0.602. The smallest absolute Gasteiger partial charge is 0.0898 e. The SMILES string of the molecule is CC(C)C(CCO)NCC(O)COC(C)(C)C. The molecule has 2 unspecified atom stereocenters.